The number of benzene rings is 1. The van der Waals surface area contributed by atoms with Crippen LogP contribution in [0.4, 0.5) is 0 Å². The van der Waals surface area contributed by atoms with Crippen LogP contribution in [0.5, 0.6) is 0 Å². The van der Waals surface area contributed by atoms with E-state index < -0.39 is 0 Å². The van der Waals surface area contributed by atoms with Crippen molar-refractivity contribution in [3.63, 3.8) is 0 Å². The first-order valence-corrected chi connectivity index (χ1v) is 10.7. The summed E-state index contributed by atoms with van der Waals surface area (Å²) in [5.74, 6) is 1.63. The molecule has 28 heavy (non-hydrogen) atoms. The highest BCUT2D eigenvalue weighted by Gasteiger charge is 2.29. The molecule has 1 amide bonds. The van der Waals surface area contributed by atoms with Crippen molar-refractivity contribution in [2.45, 2.75) is 45.1 Å². The van der Waals surface area contributed by atoms with E-state index >= 15 is 0 Å². The Balaban J connectivity index is 1.30. The Labute approximate surface area is 170 Å². The summed E-state index contributed by atoms with van der Waals surface area (Å²) in [6, 6.07) is 7.49. The summed E-state index contributed by atoms with van der Waals surface area (Å²) >= 11 is 6.21. The Bertz CT molecular complexity index is 793. The van der Waals surface area contributed by atoms with E-state index in [1.165, 1.54) is 12.8 Å². The zero-order valence-electron chi connectivity index (χ0n) is 16.1. The van der Waals surface area contributed by atoms with Crippen LogP contribution in [0.1, 0.15) is 44.4 Å². The van der Waals surface area contributed by atoms with Crippen LogP contribution in [0.25, 0.3) is 11.4 Å². The molecular formula is C21H27ClN4O2. The van der Waals surface area contributed by atoms with Gasteiger partial charge in [-0.15, -0.1) is 0 Å². The summed E-state index contributed by atoms with van der Waals surface area (Å²) in [6.07, 6.45) is 6.61. The van der Waals surface area contributed by atoms with Crippen molar-refractivity contribution in [1.82, 2.24) is 19.9 Å². The van der Waals surface area contributed by atoms with Crippen molar-refractivity contribution in [3.8, 4) is 11.4 Å². The zero-order valence-corrected chi connectivity index (χ0v) is 16.9. The van der Waals surface area contributed by atoms with Gasteiger partial charge in [0.1, 0.15) is 0 Å². The molecule has 150 valence electrons. The molecule has 0 N–H and O–H groups in total. The molecule has 0 atom stereocenters. The second-order valence-corrected chi connectivity index (χ2v) is 8.19. The number of nitrogens with zero attached hydrogens (tertiary/aromatic N) is 4. The molecule has 7 heteroatoms. The number of carbonyl (C=O) groups excluding carboxylic acids is 1. The number of hydrogen-bond acceptors (Lipinski definition) is 5. The van der Waals surface area contributed by atoms with Gasteiger partial charge in [0.25, 0.3) is 0 Å². The van der Waals surface area contributed by atoms with Gasteiger partial charge in [0.2, 0.25) is 17.6 Å². The number of hydrogen-bond donors (Lipinski definition) is 0. The molecule has 6 nitrogen and oxygen atoms in total. The fourth-order valence-electron chi connectivity index (χ4n) is 4.15. The number of likely N-dealkylation sites (tertiary alicyclic amines) is 2. The predicted molar refractivity (Wildman–Crippen MR) is 108 cm³/mol. The van der Waals surface area contributed by atoms with Crippen molar-refractivity contribution >= 4 is 17.5 Å². The molecule has 2 aliphatic heterocycles. The van der Waals surface area contributed by atoms with Crippen molar-refractivity contribution in [3.05, 3.63) is 35.2 Å². The zero-order chi connectivity index (χ0) is 19.3. The normalized spacial score (nSPS) is 19.5. The third kappa shape index (κ3) is 4.55. The molecule has 0 aliphatic carbocycles. The number of halogens is 1. The Morgan fingerprint density at radius 3 is 2.50 bits per heavy atom. The van der Waals surface area contributed by atoms with Crippen molar-refractivity contribution in [1.29, 1.82) is 0 Å². The topological polar surface area (TPSA) is 62.5 Å². The number of carbonyl (C=O) groups is 1. The minimum absolute atomic E-state index is 0.163. The molecule has 0 unspecified atom stereocenters. The molecular weight excluding hydrogens is 376 g/mol. The second kappa shape index (κ2) is 9.05. The first kappa shape index (κ1) is 19.4. The summed E-state index contributed by atoms with van der Waals surface area (Å²) in [5.41, 5.74) is 0.779. The van der Waals surface area contributed by atoms with E-state index in [4.69, 9.17) is 16.1 Å². The lowest BCUT2D eigenvalue weighted by molar-refractivity contribution is -0.137. The van der Waals surface area contributed by atoms with Gasteiger partial charge in [-0.05, 0) is 50.9 Å². The van der Waals surface area contributed by atoms with Gasteiger partial charge < -0.3 is 9.42 Å². The molecule has 1 aromatic carbocycles. The van der Waals surface area contributed by atoms with Crippen LogP contribution < -0.4 is 0 Å². The summed E-state index contributed by atoms with van der Waals surface area (Å²) in [5, 5.41) is 4.68. The van der Waals surface area contributed by atoms with Crippen LogP contribution in [-0.4, -0.2) is 52.0 Å². The number of amides is 1. The molecule has 1 aromatic heterocycles. The molecule has 3 heterocycles. The molecule has 0 saturated carbocycles. The van der Waals surface area contributed by atoms with Crippen molar-refractivity contribution in [2.24, 2.45) is 5.92 Å². The van der Waals surface area contributed by atoms with Crippen LogP contribution in [0, 0.1) is 5.92 Å². The molecule has 2 aliphatic rings. The van der Waals surface area contributed by atoms with E-state index in [1.54, 1.807) is 0 Å². The average Bonchev–Trinajstić information content (AvgIpc) is 3.00. The Morgan fingerprint density at radius 1 is 1.07 bits per heavy atom. The average molecular weight is 403 g/mol. The maximum atomic E-state index is 12.8. The predicted octanol–water partition coefficient (Wildman–Crippen LogP) is 4.00. The van der Waals surface area contributed by atoms with E-state index in [9.17, 15) is 4.79 Å². The maximum Gasteiger partial charge on any atom is 0.241 e. The molecule has 0 spiro atoms. The van der Waals surface area contributed by atoms with Crippen LogP contribution in [0.3, 0.4) is 0 Å². The third-order valence-electron chi connectivity index (χ3n) is 5.80. The lowest BCUT2D eigenvalue weighted by Gasteiger charge is -2.33. The van der Waals surface area contributed by atoms with E-state index in [0.29, 0.717) is 29.2 Å². The largest absolute Gasteiger partial charge is 0.342 e. The maximum absolute atomic E-state index is 12.8. The van der Waals surface area contributed by atoms with Gasteiger partial charge in [-0.3, -0.25) is 9.69 Å². The minimum atomic E-state index is 0.163. The SMILES string of the molecule is O=C(C1CCN(Cc2nc(-c3ccccc3Cl)no2)CC1)N1CCCCCC1. The first-order valence-electron chi connectivity index (χ1n) is 10.3. The van der Waals surface area contributed by atoms with E-state index in [-0.39, 0.29) is 5.92 Å². The molecule has 0 radical (unpaired) electrons. The number of aromatic nitrogens is 2. The summed E-state index contributed by atoms with van der Waals surface area (Å²) in [4.78, 5) is 21.7. The van der Waals surface area contributed by atoms with Crippen LogP contribution in [0.15, 0.2) is 28.8 Å². The second-order valence-electron chi connectivity index (χ2n) is 7.78. The Hall–Kier alpha value is -1.92. The van der Waals surface area contributed by atoms with Gasteiger partial charge in [-0.25, -0.2) is 0 Å². The minimum Gasteiger partial charge on any atom is -0.342 e. The molecule has 2 fully saturated rings. The van der Waals surface area contributed by atoms with Crippen molar-refractivity contribution < 1.29 is 9.32 Å². The lowest BCUT2D eigenvalue weighted by Crippen LogP contribution is -2.42. The number of piperidine rings is 1. The van der Waals surface area contributed by atoms with Crippen LogP contribution in [0.2, 0.25) is 5.02 Å². The van der Waals surface area contributed by atoms with Gasteiger partial charge in [0.15, 0.2) is 0 Å². The van der Waals surface area contributed by atoms with E-state index in [0.717, 1.165) is 57.4 Å². The van der Waals surface area contributed by atoms with E-state index in [1.807, 2.05) is 24.3 Å². The quantitative estimate of drug-likeness (QED) is 0.773. The van der Waals surface area contributed by atoms with Gasteiger partial charge in [-0.2, -0.15) is 4.98 Å². The fourth-order valence-corrected chi connectivity index (χ4v) is 4.37. The highest BCUT2D eigenvalue weighted by molar-refractivity contribution is 6.33. The van der Waals surface area contributed by atoms with Gasteiger partial charge >= 0.3 is 0 Å². The number of rotatable bonds is 4. The lowest BCUT2D eigenvalue weighted by atomic mass is 9.95. The molecule has 2 aromatic rings. The Morgan fingerprint density at radius 2 is 1.79 bits per heavy atom. The monoisotopic (exact) mass is 402 g/mol. The molecule has 0 bridgehead atoms. The fraction of sp³-hybridized carbons (Fsp3) is 0.571. The third-order valence-corrected chi connectivity index (χ3v) is 6.13. The molecule has 4 rings (SSSR count). The summed E-state index contributed by atoms with van der Waals surface area (Å²) in [7, 11) is 0. The van der Waals surface area contributed by atoms with Crippen LogP contribution >= 0.6 is 11.6 Å². The first-order chi connectivity index (χ1) is 13.7. The van der Waals surface area contributed by atoms with Crippen molar-refractivity contribution in [2.75, 3.05) is 26.2 Å². The van der Waals surface area contributed by atoms with Gasteiger partial charge in [0.05, 0.1) is 11.6 Å². The molecule has 2 saturated heterocycles. The van der Waals surface area contributed by atoms with E-state index in [2.05, 4.69) is 19.9 Å². The summed E-state index contributed by atoms with van der Waals surface area (Å²) < 4.78 is 5.42. The van der Waals surface area contributed by atoms with Gasteiger partial charge in [0, 0.05) is 24.6 Å². The summed E-state index contributed by atoms with van der Waals surface area (Å²) in [6.45, 7) is 4.25. The smallest absolute Gasteiger partial charge is 0.241 e. The Kier molecular flexibility index (Phi) is 6.27. The standard InChI is InChI=1S/C21H27ClN4O2/c22-18-8-4-3-7-17(18)20-23-19(28-24-20)15-25-13-9-16(10-14-25)21(27)26-11-5-1-2-6-12-26/h3-4,7-8,16H,1-2,5-6,9-15H2. The van der Waals surface area contributed by atoms with Crippen LogP contribution in [-0.2, 0) is 11.3 Å². The highest BCUT2D eigenvalue weighted by atomic mass is 35.5. The van der Waals surface area contributed by atoms with Gasteiger partial charge in [-0.1, -0.05) is 41.7 Å². The highest BCUT2D eigenvalue weighted by Crippen LogP contribution is 2.26.